The van der Waals surface area contributed by atoms with Crippen molar-refractivity contribution >= 4 is 37.8 Å². The van der Waals surface area contributed by atoms with Crippen LogP contribution >= 0.6 is 31.9 Å². The first-order chi connectivity index (χ1) is 11.0. The molecule has 1 aliphatic carbocycles. The fraction of sp³-hybridized carbons (Fsp3) is 0.316. The predicted octanol–water partition coefficient (Wildman–Crippen LogP) is 5.12. The monoisotopic (exact) mass is 433 g/mol. The summed E-state index contributed by atoms with van der Waals surface area (Å²) in [7, 11) is 0. The molecule has 118 valence electrons. The molecule has 2 nitrogen and oxygen atoms in total. The van der Waals surface area contributed by atoms with Gasteiger partial charge in [-0.2, -0.15) is 0 Å². The Morgan fingerprint density at radius 2 is 1.43 bits per heavy atom. The van der Waals surface area contributed by atoms with Gasteiger partial charge < -0.3 is 4.90 Å². The Morgan fingerprint density at radius 3 is 1.87 bits per heavy atom. The van der Waals surface area contributed by atoms with Crippen molar-refractivity contribution in [3.05, 3.63) is 56.5 Å². The van der Waals surface area contributed by atoms with E-state index < -0.39 is 0 Å². The number of benzene rings is 2. The zero-order chi connectivity index (χ0) is 16.2. The zero-order valence-electron chi connectivity index (χ0n) is 12.9. The van der Waals surface area contributed by atoms with Gasteiger partial charge in [-0.25, -0.2) is 0 Å². The van der Waals surface area contributed by atoms with E-state index in [1.165, 1.54) is 22.3 Å². The van der Waals surface area contributed by atoms with Crippen LogP contribution in [0.1, 0.15) is 30.9 Å². The van der Waals surface area contributed by atoms with Crippen molar-refractivity contribution in [2.75, 3.05) is 13.1 Å². The number of carbonyl (C=O) groups is 1. The van der Waals surface area contributed by atoms with Crippen LogP contribution in [0.15, 0.2) is 45.3 Å². The van der Waals surface area contributed by atoms with Crippen LogP contribution in [0.2, 0.25) is 0 Å². The molecule has 0 saturated carbocycles. The van der Waals surface area contributed by atoms with Crippen molar-refractivity contribution in [1.82, 2.24) is 4.90 Å². The Morgan fingerprint density at radius 1 is 0.957 bits per heavy atom. The maximum atomic E-state index is 11.7. The number of amides is 1. The highest BCUT2D eigenvalue weighted by Crippen LogP contribution is 2.55. The van der Waals surface area contributed by atoms with E-state index in [2.05, 4.69) is 68.3 Å². The molecule has 1 saturated heterocycles. The molecule has 1 aliphatic heterocycles. The second-order valence-corrected chi connectivity index (χ2v) is 8.30. The molecular formula is C19H17Br2NO. The molecule has 0 bridgehead atoms. The van der Waals surface area contributed by atoms with Gasteiger partial charge in [-0.15, -0.1) is 0 Å². The van der Waals surface area contributed by atoms with E-state index in [4.69, 9.17) is 0 Å². The first-order valence-electron chi connectivity index (χ1n) is 7.87. The summed E-state index contributed by atoms with van der Waals surface area (Å²) in [6.07, 6.45) is 1.97. The lowest BCUT2D eigenvalue weighted by Gasteiger charge is -2.40. The van der Waals surface area contributed by atoms with Gasteiger partial charge in [-0.3, -0.25) is 4.79 Å². The van der Waals surface area contributed by atoms with E-state index in [0.717, 1.165) is 34.9 Å². The molecule has 2 aliphatic rings. The van der Waals surface area contributed by atoms with Gasteiger partial charge in [0.05, 0.1) is 0 Å². The normalized spacial score (nSPS) is 18.0. The Hall–Kier alpha value is -1.13. The Balaban J connectivity index is 1.88. The third kappa shape index (κ3) is 2.30. The molecule has 4 rings (SSSR count). The summed E-state index contributed by atoms with van der Waals surface area (Å²) in [4.78, 5) is 13.7. The maximum absolute atomic E-state index is 11.7. The van der Waals surface area contributed by atoms with E-state index in [9.17, 15) is 4.79 Å². The summed E-state index contributed by atoms with van der Waals surface area (Å²) in [5, 5.41) is 0. The number of hydrogen-bond donors (Lipinski definition) is 0. The smallest absolute Gasteiger partial charge is 0.219 e. The van der Waals surface area contributed by atoms with E-state index >= 15 is 0 Å². The van der Waals surface area contributed by atoms with E-state index in [-0.39, 0.29) is 11.3 Å². The molecule has 4 heteroatoms. The molecule has 2 aromatic carbocycles. The van der Waals surface area contributed by atoms with Crippen LogP contribution in [-0.4, -0.2) is 23.9 Å². The third-order valence-corrected chi connectivity index (χ3v) is 6.33. The summed E-state index contributed by atoms with van der Waals surface area (Å²) in [5.41, 5.74) is 5.52. The lowest BCUT2D eigenvalue weighted by molar-refractivity contribution is -0.130. The SMILES string of the molecule is CC(=O)N1CCC2(CC1)c1cc(Br)ccc1-c1ccc(Br)cc12. The van der Waals surface area contributed by atoms with Crippen molar-refractivity contribution in [2.45, 2.75) is 25.2 Å². The van der Waals surface area contributed by atoms with Crippen LogP contribution in [0, 0.1) is 0 Å². The van der Waals surface area contributed by atoms with Gasteiger partial charge in [-0.1, -0.05) is 44.0 Å². The Kier molecular flexibility index (Phi) is 3.65. The number of piperidine rings is 1. The summed E-state index contributed by atoms with van der Waals surface area (Å²) >= 11 is 7.27. The lowest BCUT2D eigenvalue weighted by Crippen LogP contribution is -2.44. The van der Waals surface area contributed by atoms with Crippen molar-refractivity contribution < 1.29 is 4.79 Å². The Labute approximate surface area is 153 Å². The molecule has 0 N–H and O–H groups in total. The van der Waals surface area contributed by atoms with E-state index in [1.54, 1.807) is 6.92 Å². The average molecular weight is 435 g/mol. The second kappa shape index (κ2) is 5.45. The molecule has 1 fully saturated rings. The minimum atomic E-state index is 0.0319. The van der Waals surface area contributed by atoms with Crippen LogP contribution < -0.4 is 0 Å². The highest BCUT2D eigenvalue weighted by atomic mass is 79.9. The van der Waals surface area contributed by atoms with Crippen LogP contribution in [0.25, 0.3) is 11.1 Å². The first kappa shape index (κ1) is 15.4. The molecule has 0 aromatic heterocycles. The molecule has 0 atom stereocenters. The summed E-state index contributed by atoms with van der Waals surface area (Å²) in [6.45, 7) is 3.32. The van der Waals surface area contributed by atoms with Gasteiger partial charge in [0, 0.05) is 34.4 Å². The molecule has 1 heterocycles. The minimum absolute atomic E-state index is 0.0319. The zero-order valence-corrected chi connectivity index (χ0v) is 16.1. The quantitative estimate of drug-likeness (QED) is 0.563. The van der Waals surface area contributed by atoms with Crippen LogP contribution in [0.4, 0.5) is 0 Å². The van der Waals surface area contributed by atoms with Gasteiger partial charge in [0.1, 0.15) is 0 Å². The van der Waals surface area contributed by atoms with Crippen molar-refractivity contribution in [1.29, 1.82) is 0 Å². The maximum Gasteiger partial charge on any atom is 0.219 e. The van der Waals surface area contributed by atoms with Crippen molar-refractivity contribution in [3.8, 4) is 11.1 Å². The molecule has 2 aromatic rings. The number of likely N-dealkylation sites (tertiary alicyclic amines) is 1. The van der Waals surface area contributed by atoms with Gasteiger partial charge >= 0.3 is 0 Å². The minimum Gasteiger partial charge on any atom is -0.343 e. The molecule has 1 amide bonds. The molecule has 23 heavy (non-hydrogen) atoms. The van der Waals surface area contributed by atoms with Crippen LogP contribution in [0.3, 0.4) is 0 Å². The largest absolute Gasteiger partial charge is 0.343 e. The van der Waals surface area contributed by atoms with Crippen molar-refractivity contribution in [3.63, 3.8) is 0 Å². The number of halogens is 2. The Bertz CT molecular complexity index is 754. The fourth-order valence-electron chi connectivity index (χ4n) is 4.18. The number of fused-ring (bicyclic) bond motifs is 5. The van der Waals surface area contributed by atoms with E-state index in [0.29, 0.717) is 0 Å². The molecular weight excluding hydrogens is 418 g/mol. The highest BCUT2D eigenvalue weighted by molar-refractivity contribution is 9.10. The standard InChI is InChI=1S/C19H17Br2NO/c1-12(23)22-8-6-19(7-9-22)17-10-13(20)2-4-15(17)16-5-3-14(21)11-18(16)19/h2-5,10-11H,6-9H2,1H3. The van der Waals surface area contributed by atoms with E-state index in [1.807, 2.05) is 4.90 Å². The number of carbonyl (C=O) groups excluding carboxylic acids is 1. The van der Waals surface area contributed by atoms with Crippen LogP contribution in [-0.2, 0) is 10.2 Å². The second-order valence-electron chi connectivity index (χ2n) is 6.47. The number of nitrogens with zero attached hydrogens (tertiary/aromatic N) is 1. The highest BCUT2D eigenvalue weighted by Gasteiger charge is 2.45. The molecule has 0 radical (unpaired) electrons. The predicted molar refractivity (Wildman–Crippen MR) is 99.5 cm³/mol. The van der Waals surface area contributed by atoms with Gasteiger partial charge in [0.15, 0.2) is 0 Å². The molecule has 0 unspecified atom stereocenters. The first-order valence-corrected chi connectivity index (χ1v) is 9.46. The van der Waals surface area contributed by atoms with Gasteiger partial charge in [0.25, 0.3) is 0 Å². The van der Waals surface area contributed by atoms with Gasteiger partial charge in [-0.05, 0) is 59.4 Å². The number of rotatable bonds is 0. The third-order valence-electron chi connectivity index (χ3n) is 5.35. The van der Waals surface area contributed by atoms with Gasteiger partial charge in [0.2, 0.25) is 5.91 Å². The summed E-state index contributed by atoms with van der Waals surface area (Å²) in [5.74, 6) is 0.182. The molecule has 1 spiro atoms. The fourth-order valence-corrected chi connectivity index (χ4v) is 4.90. The lowest BCUT2D eigenvalue weighted by atomic mass is 9.71. The topological polar surface area (TPSA) is 20.3 Å². The summed E-state index contributed by atoms with van der Waals surface area (Å²) in [6, 6.07) is 13.2. The average Bonchev–Trinajstić information content (AvgIpc) is 2.78. The summed E-state index contributed by atoms with van der Waals surface area (Å²) < 4.78 is 2.24. The number of hydrogen-bond acceptors (Lipinski definition) is 1. The van der Waals surface area contributed by atoms with Crippen LogP contribution in [0.5, 0.6) is 0 Å². The van der Waals surface area contributed by atoms with Crippen molar-refractivity contribution in [2.24, 2.45) is 0 Å².